The molecule has 0 aliphatic carbocycles. The Balaban J connectivity index is 1.37. The zero-order valence-corrected chi connectivity index (χ0v) is 13.6. The summed E-state index contributed by atoms with van der Waals surface area (Å²) >= 11 is 0. The number of rotatable bonds is 4. The molecule has 126 valence electrons. The average Bonchev–Trinajstić information content (AvgIpc) is 3.29. The molecule has 2 aliphatic rings. The summed E-state index contributed by atoms with van der Waals surface area (Å²) in [6, 6.07) is 5.83. The van der Waals surface area contributed by atoms with Crippen LogP contribution in [0.4, 0.5) is 5.82 Å². The number of nitrogens with one attached hydrogen (secondary N) is 1. The van der Waals surface area contributed by atoms with Gasteiger partial charge in [-0.25, -0.2) is 4.98 Å². The van der Waals surface area contributed by atoms with Gasteiger partial charge in [0, 0.05) is 50.9 Å². The van der Waals surface area contributed by atoms with Gasteiger partial charge in [0.05, 0.1) is 24.5 Å². The highest BCUT2D eigenvalue weighted by molar-refractivity contribution is 5.94. The number of amides is 1. The predicted molar refractivity (Wildman–Crippen MR) is 88.6 cm³/mol. The molecule has 4 heterocycles. The van der Waals surface area contributed by atoms with Crippen molar-refractivity contribution in [1.29, 1.82) is 0 Å². The Morgan fingerprint density at radius 3 is 3.08 bits per heavy atom. The number of nitrogens with zero attached hydrogens (tertiary/aromatic N) is 4. The van der Waals surface area contributed by atoms with Gasteiger partial charge in [-0.2, -0.15) is 5.10 Å². The van der Waals surface area contributed by atoms with E-state index in [0.717, 1.165) is 25.5 Å². The number of aromatic nitrogens is 3. The zero-order chi connectivity index (χ0) is 16.5. The normalized spacial score (nSPS) is 25.7. The lowest BCUT2D eigenvalue weighted by molar-refractivity contribution is 0.0680. The van der Waals surface area contributed by atoms with E-state index in [1.807, 2.05) is 30.1 Å². The van der Waals surface area contributed by atoms with Gasteiger partial charge in [0.15, 0.2) is 0 Å². The van der Waals surface area contributed by atoms with Gasteiger partial charge in [0.25, 0.3) is 5.91 Å². The maximum absolute atomic E-state index is 12.6. The number of hydrogen-bond donors (Lipinski definition) is 1. The van der Waals surface area contributed by atoms with E-state index in [0.29, 0.717) is 23.9 Å². The fraction of sp³-hybridized carbons (Fsp3) is 0.471. The summed E-state index contributed by atoms with van der Waals surface area (Å²) in [5, 5.41) is 7.45. The second kappa shape index (κ2) is 6.24. The van der Waals surface area contributed by atoms with Crippen LogP contribution in [0.15, 0.2) is 36.8 Å². The van der Waals surface area contributed by atoms with E-state index < -0.39 is 0 Å². The molecule has 7 nitrogen and oxygen atoms in total. The molecule has 0 unspecified atom stereocenters. The molecule has 4 rings (SSSR count). The highest BCUT2D eigenvalue weighted by Gasteiger charge is 2.45. The van der Waals surface area contributed by atoms with Gasteiger partial charge in [-0.1, -0.05) is 6.07 Å². The molecule has 2 aromatic rings. The van der Waals surface area contributed by atoms with Crippen molar-refractivity contribution in [3.8, 4) is 0 Å². The van der Waals surface area contributed by atoms with Gasteiger partial charge < -0.3 is 15.0 Å². The van der Waals surface area contributed by atoms with E-state index in [4.69, 9.17) is 4.74 Å². The third kappa shape index (κ3) is 2.87. The molecule has 1 amide bonds. The van der Waals surface area contributed by atoms with Gasteiger partial charge in [0.2, 0.25) is 0 Å². The molecule has 0 bridgehead atoms. The number of ether oxygens (including phenoxy) is 1. The number of carbonyl (C=O) groups is 1. The summed E-state index contributed by atoms with van der Waals surface area (Å²) < 4.78 is 7.58. The van der Waals surface area contributed by atoms with Crippen molar-refractivity contribution >= 4 is 11.7 Å². The standard InChI is InChI=1S/C17H21N5O2/c1-21-8-12(7-20-21)17(23)22-9-14-13(11-24-15(14)10-22)6-19-16-4-2-3-5-18-16/h2-5,7-8,13-15H,6,9-11H2,1H3,(H,18,19)/t13-,14+,15+/m0/s1. The lowest BCUT2D eigenvalue weighted by Crippen LogP contribution is -2.32. The van der Waals surface area contributed by atoms with Crippen LogP contribution in [0.3, 0.4) is 0 Å². The van der Waals surface area contributed by atoms with Crippen molar-refractivity contribution in [3.63, 3.8) is 0 Å². The SMILES string of the molecule is Cn1cc(C(=O)N2C[C@@H]3[C@@H](CNc4ccccn4)CO[C@@H]3C2)cn1. The molecule has 7 heteroatoms. The minimum atomic E-state index is 0.0394. The monoisotopic (exact) mass is 327 g/mol. The molecule has 2 saturated heterocycles. The lowest BCUT2D eigenvalue weighted by atomic mass is 9.93. The number of aryl methyl sites for hydroxylation is 1. The Kier molecular flexibility index (Phi) is 3.93. The summed E-state index contributed by atoms with van der Waals surface area (Å²) in [4.78, 5) is 18.7. The second-order valence-electron chi connectivity index (χ2n) is 6.50. The summed E-state index contributed by atoms with van der Waals surface area (Å²) in [5.41, 5.74) is 0.639. The van der Waals surface area contributed by atoms with Crippen molar-refractivity contribution in [3.05, 3.63) is 42.4 Å². The van der Waals surface area contributed by atoms with E-state index in [1.54, 1.807) is 23.3 Å². The van der Waals surface area contributed by atoms with Gasteiger partial charge in [-0.3, -0.25) is 9.48 Å². The van der Waals surface area contributed by atoms with Crippen LogP contribution in [0.1, 0.15) is 10.4 Å². The molecule has 1 N–H and O–H groups in total. The average molecular weight is 327 g/mol. The molecule has 2 aromatic heterocycles. The molecule has 0 aromatic carbocycles. The van der Waals surface area contributed by atoms with Crippen LogP contribution in [0.2, 0.25) is 0 Å². The van der Waals surface area contributed by atoms with Crippen molar-refractivity contribution in [2.45, 2.75) is 6.10 Å². The van der Waals surface area contributed by atoms with Crippen molar-refractivity contribution < 1.29 is 9.53 Å². The van der Waals surface area contributed by atoms with Crippen molar-refractivity contribution in [2.75, 3.05) is 31.6 Å². The minimum absolute atomic E-state index is 0.0394. The highest BCUT2D eigenvalue weighted by atomic mass is 16.5. The first-order chi connectivity index (χ1) is 11.7. The van der Waals surface area contributed by atoms with Crippen LogP contribution >= 0.6 is 0 Å². The van der Waals surface area contributed by atoms with E-state index in [2.05, 4.69) is 15.4 Å². The third-order valence-corrected chi connectivity index (χ3v) is 4.89. The van der Waals surface area contributed by atoms with E-state index in [9.17, 15) is 4.79 Å². The Morgan fingerprint density at radius 2 is 2.33 bits per heavy atom. The molecular weight excluding hydrogens is 306 g/mol. The Morgan fingerprint density at radius 1 is 1.42 bits per heavy atom. The molecule has 0 spiro atoms. The van der Waals surface area contributed by atoms with Crippen LogP contribution in [-0.4, -0.2) is 57.9 Å². The van der Waals surface area contributed by atoms with Gasteiger partial charge in [-0.05, 0) is 12.1 Å². The van der Waals surface area contributed by atoms with Gasteiger partial charge in [0.1, 0.15) is 5.82 Å². The number of pyridine rings is 1. The van der Waals surface area contributed by atoms with E-state index in [-0.39, 0.29) is 12.0 Å². The molecule has 2 aliphatic heterocycles. The minimum Gasteiger partial charge on any atom is -0.376 e. The number of fused-ring (bicyclic) bond motifs is 1. The maximum atomic E-state index is 12.6. The first-order valence-corrected chi connectivity index (χ1v) is 8.25. The smallest absolute Gasteiger partial charge is 0.257 e. The zero-order valence-electron chi connectivity index (χ0n) is 13.6. The first kappa shape index (κ1) is 15.1. The van der Waals surface area contributed by atoms with Crippen LogP contribution in [0.25, 0.3) is 0 Å². The fourth-order valence-electron chi connectivity index (χ4n) is 3.59. The van der Waals surface area contributed by atoms with E-state index >= 15 is 0 Å². The lowest BCUT2D eigenvalue weighted by Gasteiger charge is -2.20. The topological polar surface area (TPSA) is 72.3 Å². The molecule has 0 saturated carbocycles. The third-order valence-electron chi connectivity index (χ3n) is 4.89. The predicted octanol–water partition coefficient (Wildman–Crippen LogP) is 1.01. The molecule has 24 heavy (non-hydrogen) atoms. The molecule has 3 atom stereocenters. The highest BCUT2D eigenvalue weighted by Crippen LogP contribution is 2.34. The van der Waals surface area contributed by atoms with Crippen LogP contribution in [-0.2, 0) is 11.8 Å². The second-order valence-corrected chi connectivity index (χ2v) is 6.50. The summed E-state index contributed by atoms with van der Waals surface area (Å²) in [5.74, 6) is 1.69. The summed E-state index contributed by atoms with van der Waals surface area (Å²) in [6.45, 7) is 2.96. The van der Waals surface area contributed by atoms with Crippen LogP contribution < -0.4 is 5.32 Å². The number of carbonyl (C=O) groups excluding carboxylic acids is 1. The molecule has 0 radical (unpaired) electrons. The largest absolute Gasteiger partial charge is 0.376 e. The van der Waals surface area contributed by atoms with E-state index in [1.165, 1.54) is 0 Å². The van der Waals surface area contributed by atoms with Crippen molar-refractivity contribution in [1.82, 2.24) is 19.7 Å². The number of hydrogen-bond acceptors (Lipinski definition) is 5. The Hall–Kier alpha value is -2.41. The summed E-state index contributed by atoms with van der Waals surface area (Å²) in [7, 11) is 1.82. The van der Waals surface area contributed by atoms with Crippen molar-refractivity contribution in [2.24, 2.45) is 18.9 Å². The Bertz CT molecular complexity index is 717. The summed E-state index contributed by atoms with van der Waals surface area (Å²) in [6.07, 6.45) is 5.30. The van der Waals surface area contributed by atoms with Gasteiger partial charge in [-0.15, -0.1) is 0 Å². The molecule has 2 fully saturated rings. The Labute approximate surface area is 140 Å². The van der Waals surface area contributed by atoms with Crippen LogP contribution in [0, 0.1) is 11.8 Å². The molecular formula is C17H21N5O2. The fourth-order valence-corrected chi connectivity index (χ4v) is 3.59. The number of anilines is 1. The quantitative estimate of drug-likeness (QED) is 0.907. The maximum Gasteiger partial charge on any atom is 0.257 e. The van der Waals surface area contributed by atoms with Crippen LogP contribution in [0.5, 0.6) is 0 Å². The first-order valence-electron chi connectivity index (χ1n) is 8.25. The number of likely N-dealkylation sites (tertiary alicyclic amines) is 1. The van der Waals surface area contributed by atoms with Gasteiger partial charge >= 0.3 is 0 Å².